The Morgan fingerprint density at radius 1 is 1.17 bits per heavy atom. The molecule has 0 unspecified atom stereocenters. The largest absolute Gasteiger partial charge is 0.419 e. The summed E-state index contributed by atoms with van der Waals surface area (Å²) in [7, 11) is 0. The molecule has 0 heterocycles. The third-order valence-electron chi connectivity index (χ3n) is 4.03. The fraction of sp³-hybridized carbons (Fsp3) is 0.538. The van der Waals surface area contributed by atoms with Crippen LogP contribution in [0.25, 0.3) is 0 Å². The van der Waals surface area contributed by atoms with Crippen molar-refractivity contribution in [2.75, 3.05) is 0 Å². The molecule has 1 aromatic carbocycles. The van der Waals surface area contributed by atoms with Gasteiger partial charge < -0.3 is 5.73 Å². The maximum Gasteiger partial charge on any atom is 0.419 e. The topological polar surface area (TPSA) is 26.0 Å². The molecule has 1 aliphatic carbocycles. The van der Waals surface area contributed by atoms with E-state index in [1.54, 1.807) is 13.8 Å². The van der Waals surface area contributed by atoms with Crippen molar-refractivity contribution in [3.8, 4) is 0 Å². The van der Waals surface area contributed by atoms with E-state index in [0.717, 1.165) is 25.0 Å². The lowest BCUT2D eigenvalue weighted by atomic mass is 9.75. The van der Waals surface area contributed by atoms with Crippen molar-refractivity contribution in [1.29, 1.82) is 0 Å². The normalized spacial score (nSPS) is 18.8. The van der Waals surface area contributed by atoms with Crippen LogP contribution in [0.2, 0.25) is 0 Å². The molecular formula is C13H15F4N. The van der Waals surface area contributed by atoms with E-state index in [1.807, 2.05) is 0 Å². The lowest BCUT2D eigenvalue weighted by Crippen LogP contribution is -2.43. The van der Waals surface area contributed by atoms with Crippen molar-refractivity contribution < 1.29 is 17.6 Å². The van der Waals surface area contributed by atoms with E-state index in [0.29, 0.717) is 5.56 Å². The molecule has 0 amide bonds. The van der Waals surface area contributed by atoms with Crippen molar-refractivity contribution in [1.82, 2.24) is 0 Å². The third kappa shape index (κ3) is 2.00. The molecule has 1 aliphatic rings. The summed E-state index contributed by atoms with van der Waals surface area (Å²) in [6.07, 6.45) is -3.13. The van der Waals surface area contributed by atoms with Crippen LogP contribution in [0, 0.1) is 5.82 Å². The number of alkyl halides is 3. The highest BCUT2D eigenvalue weighted by atomic mass is 19.4. The molecule has 0 aliphatic heterocycles. The lowest BCUT2D eigenvalue weighted by Gasteiger charge is -2.33. The van der Waals surface area contributed by atoms with Crippen LogP contribution in [0.4, 0.5) is 17.6 Å². The van der Waals surface area contributed by atoms with Gasteiger partial charge >= 0.3 is 6.18 Å². The van der Waals surface area contributed by atoms with Gasteiger partial charge in [-0.05, 0) is 30.5 Å². The van der Waals surface area contributed by atoms with Crippen LogP contribution in [0.3, 0.4) is 0 Å². The Morgan fingerprint density at radius 3 is 2.17 bits per heavy atom. The van der Waals surface area contributed by atoms with E-state index in [4.69, 9.17) is 5.73 Å². The summed E-state index contributed by atoms with van der Waals surface area (Å²) < 4.78 is 51.2. The number of hydrogen-bond acceptors (Lipinski definition) is 1. The molecule has 0 aromatic heterocycles. The summed E-state index contributed by atoms with van der Waals surface area (Å²) in [6.45, 7) is 3.60. The lowest BCUT2D eigenvalue weighted by molar-refractivity contribution is -0.140. The monoisotopic (exact) mass is 261 g/mol. The van der Waals surface area contributed by atoms with Gasteiger partial charge in [-0.15, -0.1) is 0 Å². The van der Waals surface area contributed by atoms with Gasteiger partial charge in [0.25, 0.3) is 0 Å². The molecule has 1 nitrogen and oxygen atoms in total. The van der Waals surface area contributed by atoms with E-state index in [-0.39, 0.29) is 0 Å². The zero-order valence-electron chi connectivity index (χ0n) is 10.2. The molecule has 2 rings (SSSR count). The Morgan fingerprint density at radius 2 is 1.72 bits per heavy atom. The van der Waals surface area contributed by atoms with E-state index >= 15 is 0 Å². The standard InChI is InChI=1S/C13H15F4N/c1-11(2,12(18)5-6-12)8-3-4-10(14)9(7-8)13(15,16)17/h3-4,7H,5-6,18H2,1-2H3. The number of halogens is 4. The molecular weight excluding hydrogens is 246 g/mol. The predicted molar refractivity (Wildman–Crippen MR) is 60.6 cm³/mol. The van der Waals surface area contributed by atoms with Gasteiger partial charge in [0.1, 0.15) is 5.82 Å². The van der Waals surface area contributed by atoms with Crippen LogP contribution in [0.5, 0.6) is 0 Å². The Labute approximate surface area is 103 Å². The van der Waals surface area contributed by atoms with E-state index in [1.165, 1.54) is 6.07 Å². The second kappa shape index (κ2) is 3.70. The highest BCUT2D eigenvalue weighted by Gasteiger charge is 2.52. The number of hydrogen-bond donors (Lipinski definition) is 1. The molecule has 0 bridgehead atoms. The van der Waals surface area contributed by atoms with Gasteiger partial charge in [-0.1, -0.05) is 19.9 Å². The number of nitrogens with two attached hydrogens (primary N) is 1. The second-order valence-electron chi connectivity index (χ2n) is 5.47. The van der Waals surface area contributed by atoms with Gasteiger partial charge in [-0.25, -0.2) is 4.39 Å². The maximum atomic E-state index is 13.2. The summed E-state index contributed by atoms with van der Waals surface area (Å²) >= 11 is 0. The van der Waals surface area contributed by atoms with Crippen LogP contribution in [-0.2, 0) is 11.6 Å². The molecule has 0 spiro atoms. The van der Waals surface area contributed by atoms with Gasteiger partial charge in [-0.3, -0.25) is 0 Å². The molecule has 18 heavy (non-hydrogen) atoms. The van der Waals surface area contributed by atoms with Crippen molar-refractivity contribution in [3.05, 3.63) is 35.1 Å². The first-order chi connectivity index (χ1) is 8.08. The first-order valence-electron chi connectivity index (χ1n) is 5.74. The second-order valence-corrected chi connectivity index (χ2v) is 5.47. The van der Waals surface area contributed by atoms with E-state index < -0.39 is 28.5 Å². The Hall–Kier alpha value is -1.10. The van der Waals surface area contributed by atoms with Gasteiger partial charge in [-0.2, -0.15) is 13.2 Å². The predicted octanol–water partition coefficient (Wildman–Crippen LogP) is 3.61. The molecule has 5 heteroatoms. The van der Waals surface area contributed by atoms with Crippen LogP contribution in [-0.4, -0.2) is 5.54 Å². The minimum absolute atomic E-state index is 0.427. The molecule has 1 saturated carbocycles. The molecule has 0 saturated heterocycles. The van der Waals surface area contributed by atoms with Crippen molar-refractivity contribution in [3.63, 3.8) is 0 Å². The molecule has 100 valence electrons. The Kier molecular flexibility index (Phi) is 2.74. The zero-order valence-corrected chi connectivity index (χ0v) is 10.2. The van der Waals surface area contributed by atoms with Gasteiger partial charge in [0, 0.05) is 11.0 Å². The van der Waals surface area contributed by atoms with Crippen LogP contribution in [0.15, 0.2) is 18.2 Å². The molecule has 2 N–H and O–H groups in total. The summed E-state index contributed by atoms with van der Waals surface area (Å²) in [5, 5.41) is 0. The first kappa shape index (κ1) is 13.3. The fourth-order valence-electron chi connectivity index (χ4n) is 2.18. The summed E-state index contributed by atoms with van der Waals surface area (Å²) in [5.41, 5.74) is 4.21. The van der Waals surface area contributed by atoms with Crippen LogP contribution >= 0.6 is 0 Å². The average Bonchev–Trinajstić information content (AvgIpc) is 2.96. The highest BCUT2D eigenvalue weighted by Crippen LogP contribution is 2.49. The third-order valence-corrected chi connectivity index (χ3v) is 4.03. The van der Waals surface area contributed by atoms with E-state index in [9.17, 15) is 17.6 Å². The molecule has 0 atom stereocenters. The minimum Gasteiger partial charge on any atom is -0.324 e. The Bertz CT molecular complexity index is 472. The quantitative estimate of drug-likeness (QED) is 0.808. The number of rotatable bonds is 2. The van der Waals surface area contributed by atoms with Crippen molar-refractivity contribution in [2.24, 2.45) is 5.73 Å². The summed E-state index contributed by atoms with van der Waals surface area (Å²) in [6, 6.07) is 3.13. The maximum absolute atomic E-state index is 13.2. The van der Waals surface area contributed by atoms with Crippen molar-refractivity contribution in [2.45, 2.75) is 43.8 Å². The summed E-state index contributed by atoms with van der Waals surface area (Å²) in [5.74, 6) is -1.25. The molecule has 1 aromatic rings. The van der Waals surface area contributed by atoms with E-state index in [2.05, 4.69) is 0 Å². The van der Waals surface area contributed by atoms with Crippen LogP contribution < -0.4 is 5.73 Å². The molecule has 0 radical (unpaired) electrons. The SMILES string of the molecule is CC(C)(c1ccc(F)c(C(F)(F)F)c1)C1(N)CC1. The highest BCUT2D eigenvalue weighted by molar-refractivity contribution is 5.37. The minimum atomic E-state index is -4.68. The van der Waals surface area contributed by atoms with Crippen molar-refractivity contribution >= 4 is 0 Å². The summed E-state index contributed by atoms with van der Waals surface area (Å²) in [4.78, 5) is 0. The van der Waals surface area contributed by atoms with Gasteiger partial charge in [0.2, 0.25) is 0 Å². The fourth-order valence-corrected chi connectivity index (χ4v) is 2.18. The number of benzene rings is 1. The average molecular weight is 261 g/mol. The molecule has 1 fully saturated rings. The van der Waals surface area contributed by atoms with Crippen LogP contribution in [0.1, 0.15) is 37.8 Å². The Balaban J connectivity index is 2.48. The van der Waals surface area contributed by atoms with Gasteiger partial charge in [0.15, 0.2) is 0 Å². The smallest absolute Gasteiger partial charge is 0.324 e. The van der Waals surface area contributed by atoms with Gasteiger partial charge in [0.05, 0.1) is 5.56 Å². The first-order valence-corrected chi connectivity index (χ1v) is 5.74. The zero-order chi connectivity index (χ0) is 13.8.